The highest BCUT2D eigenvalue weighted by atomic mass is 16.5. The maximum absolute atomic E-state index is 10.7. The van der Waals surface area contributed by atoms with E-state index in [9.17, 15) is 4.79 Å². The van der Waals surface area contributed by atoms with Crippen LogP contribution in [0.5, 0.6) is 0 Å². The van der Waals surface area contributed by atoms with Gasteiger partial charge in [-0.25, -0.2) is 9.78 Å². The Morgan fingerprint density at radius 2 is 2.31 bits per heavy atom. The number of aromatic carboxylic acids is 1. The number of hydrogen-bond acceptors (Lipinski definition) is 5. The third-order valence-corrected chi connectivity index (χ3v) is 2.63. The highest BCUT2D eigenvalue weighted by Crippen LogP contribution is 2.25. The summed E-state index contributed by atoms with van der Waals surface area (Å²) in [4.78, 5) is 18.4. The molecule has 0 saturated heterocycles. The molecule has 1 aromatic rings. The fraction of sp³-hybridized carbons (Fsp3) is 0.500. The lowest BCUT2D eigenvalue weighted by molar-refractivity contribution is 0.0327. The van der Waals surface area contributed by atoms with Crippen LogP contribution in [0, 0.1) is 0 Å². The molecular formula is C10H13N3O3. The summed E-state index contributed by atoms with van der Waals surface area (Å²) in [6.07, 6.45) is 4.87. The summed E-state index contributed by atoms with van der Waals surface area (Å²) in [6, 6.07) is 0.295. The molecule has 0 aromatic carbocycles. The highest BCUT2D eigenvalue weighted by Gasteiger charge is 2.29. The normalized spacial score (nSPS) is 23.6. The number of carboxylic acids is 1. The first-order valence-electron chi connectivity index (χ1n) is 5.03. The summed E-state index contributed by atoms with van der Waals surface area (Å²) in [7, 11) is 1.69. The van der Waals surface area contributed by atoms with Crippen molar-refractivity contribution in [1.29, 1.82) is 0 Å². The standard InChI is InChI=1S/C10H13N3O3/c1-16-7-2-6(3-7)12-9-5-11-4-8(13-9)10(14)15/h4-7H,2-3H2,1H3,(H,12,13)(H,14,15). The maximum atomic E-state index is 10.7. The van der Waals surface area contributed by atoms with Crippen LogP contribution in [0.25, 0.3) is 0 Å². The number of anilines is 1. The van der Waals surface area contributed by atoms with Crippen LogP contribution >= 0.6 is 0 Å². The Kier molecular flexibility index (Phi) is 3.00. The number of rotatable bonds is 4. The van der Waals surface area contributed by atoms with Gasteiger partial charge in [0.25, 0.3) is 0 Å². The predicted octanol–water partition coefficient (Wildman–Crippen LogP) is 0.764. The van der Waals surface area contributed by atoms with E-state index >= 15 is 0 Å². The van der Waals surface area contributed by atoms with E-state index in [0.29, 0.717) is 18.0 Å². The first kappa shape index (κ1) is 10.8. The van der Waals surface area contributed by atoms with Gasteiger partial charge in [0.15, 0.2) is 5.69 Å². The Balaban J connectivity index is 1.95. The molecule has 6 nitrogen and oxygen atoms in total. The summed E-state index contributed by atoms with van der Waals surface area (Å²) >= 11 is 0. The Bertz CT molecular complexity index is 391. The van der Waals surface area contributed by atoms with Crippen molar-refractivity contribution in [3.05, 3.63) is 18.1 Å². The van der Waals surface area contributed by atoms with E-state index in [-0.39, 0.29) is 5.69 Å². The number of nitrogens with zero attached hydrogens (tertiary/aromatic N) is 2. The topological polar surface area (TPSA) is 84.3 Å². The van der Waals surface area contributed by atoms with Crippen LogP contribution in [0.3, 0.4) is 0 Å². The van der Waals surface area contributed by atoms with Crippen molar-refractivity contribution >= 4 is 11.8 Å². The average Bonchev–Trinajstić information content (AvgIpc) is 2.23. The quantitative estimate of drug-likeness (QED) is 0.784. The molecule has 0 bridgehead atoms. The molecule has 0 unspecified atom stereocenters. The second-order valence-electron chi connectivity index (χ2n) is 3.77. The zero-order chi connectivity index (χ0) is 11.5. The van der Waals surface area contributed by atoms with E-state index in [2.05, 4.69) is 15.3 Å². The third-order valence-electron chi connectivity index (χ3n) is 2.63. The molecular weight excluding hydrogens is 210 g/mol. The molecule has 6 heteroatoms. The van der Waals surface area contributed by atoms with Crippen LogP contribution in [-0.2, 0) is 4.74 Å². The summed E-state index contributed by atoms with van der Waals surface area (Å²) in [5.74, 6) is -0.570. The van der Waals surface area contributed by atoms with E-state index in [0.717, 1.165) is 12.8 Å². The van der Waals surface area contributed by atoms with Crippen molar-refractivity contribution in [1.82, 2.24) is 9.97 Å². The van der Waals surface area contributed by atoms with Gasteiger partial charge in [-0.2, -0.15) is 0 Å². The molecule has 1 aliphatic carbocycles. The molecule has 0 aliphatic heterocycles. The summed E-state index contributed by atoms with van der Waals surface area (Å²) in [5.41, 5.74) is -0.0485. The van der Waals surface area contributed by atoms with Gasteiger partial charge in [-0.1, -0.05) is 0 Å². The first-order chi connectivity index (χ1) is 7.69. The number of carboxylic acid groups (broad SMARTS) is 1. The van der Waals surface area contributed by atoms with Crippen LogP contribution < -0.4 is 5.32 Å². The molecule has 0 radical (unpaired) electrons. The number of aromatic nitrogens is 2. The number of methoxy groups -OCH3 is 1. The van der Waals surface area contributed by atoms with Gasteiger partial charge in [-0.05, 0) is 12.8 Å². The molecule has 1 aromatic heterocycles. The molecule has 0 amide bonds. The van der Waals surface area contributed by atoms with E-state index in [4.69, 9.17) is 9.84 Å². The van der Waals surface area contributed by atoms with Crippen LogP contribution in [0.1, 0.15) is 23.3 Å². The monoisotopic (exact) mass is 223 g/mol. The minimum Gasteiger partial charge on any atom is -0.476 e. The minimum absolute atomic E-state index is 0.0485. The lowest BCUT2D eigenvalue weighted by Crippen LogP contribution is -2.40. The molecule has 16 heavy (non-hydrogen) atoms. The number of carbonyl (C=O) groups is 1. The third kappa shape index (κ3) is 2.27. The minimum atomic E-state index is -1.07. The number of hydrogen-bond donors (Lipinski definition) is 2. The van der Waals surface area contributed by atoms with Crippen LogP contribution in [0.4, 0.5) is 5.82 Å². The lowest BCUT2D eigenvalue weighted by atomic mass is 9.89. The van der Waals surface area contributed by atoms with Gasteiger partial charge in [0.05, 0.1) is 18.5 Å². The van der Waals surface area contributed by atoms with Gasteiger partial charge in [-0.3, -0.25) is 4.98 Å². The highest BCUT2D eigenvalue weighted by molar-refractivity contribution is 5.85. The molecule has 1 heterocycles. The van der Waals surface area contributed by atoms with Crippen molar-refractivity contribution in [3.8, 4) is 0 Å². The molecule has 0 spiro atoms. The zero-order valence-corrected chi connectivity index (χ0v) is 8.88. The largest absolute Gasteiger partial charge is 0.476 e. The van der Waals surface area contributed by atoms with Gasteiger partial charge < -0.3 is 15.2 Å². The lowest BCUT2D eigenvalue weighted by Gasteiger charge is -2.34. The smallest absolute Gasteiger partial charge is 0.356 e. The first-order valence-corrected chi connectivity index (χ1v) is 5.03. The second-order valence-corrected chi connectivity index (χ2v) is 3.77. The van der Waals surface area contributed by atoms with E-state index in [1.165, 1.54) is 12.4 Å². The molecule has 1 fully saturated rings. The Hall–Kier alpha value is -1.69. The van der Waals surface area contributed by atoms with Gasteiger partial charge >= 0.3 is 5.97 Å². The maximum Gasteiger partial charge on any atom is 0.356 e. The van der Waals surface area contributed by atoms with Crippen molar-refractivity contribution < 1.29 is 14.6 Å². The number of ether oxygens (including phenoxy) is 1. The van der Waals surface area contributed by atoms with Crippen molar-refractivity contribution in [2.24, 2.45) is 0 Å². The molecule has 2 rings (SSSR count). The van der Waals surface area contributed by atoms with Crippen LogP contribution in [-0.4, -0.2) is 40.3 Å². The number of nitrogens with one attached hydrogen (secondary N) is 1. The molecule has 86 valence electrons. The fourth-order valence-electron chi connectivity index (χ4n) is 1.62. The van der Waals surface area contributed by atoms with Gasteiger partial charge in [0.2, 0.25) is 0 Å². The predicted molar refractivity (Wildman–Crippen MR) is 56.4 cm³/mol. The van der Waals surface area contributed by atoms with Crippen molar-refractivity contribution in [2.75, 3.05) is 12.4 Å². The molecule has 1 aliphatic rings. The van der Waals surface area contributed by atoms with E-state index < -0.39 is 5.97 Å². The van der Waals surface area contributed by atoms with Crippen LogP contribution in [0.2, 0.25) is 0 Å². The molecule has 0 atom stereocenters. The van der Waals surface area contributed by atoms with Gasteiger partial charge in [0.1, 0.15) is 5.82 Å². The SMILES string of the molecule is COC1CC(Nc2cncc(C(=O)O)n2)C1. The van der Waals surface area contributed by atoms with Gasteiger partial charge in [0, 0.05) is 13.2 Å². The molecule has 2 N–H and O–H groups in total. The zero-order valence-electron chi connectivity index (χ0n) is 8.88. The van der Waals surface area contributed by atoms with E-state index in [1.807, 2.05) is 0 Å². The second kappa shape index (κ2) is 4.44. The summed E-state index contributed by atoms with van der Waals surface area (Å²) in [5, 5.41) is 11.9. The van der Waals surface area contributed by atoms with Crippen LogP contribution in [0.15, 0.2) is 12.4 Å². The van der Waals surface area contributed by atoms with E-state index in [1.54, 1.807) is 7.11 Å². The van der Waals surface area contributed by atoms with Crippen molar-refractivity contribution in [3.63, 3.8) is 0 Å². The summed E-state index contributed by atoms with van der Waals surface area (Å²) < 4.78 is 5.15. The summed E-state index contributed by atoms with van der Waals surface area (Å²) in [6.45, 7) is 0. The Morgan fingerprint density at radius 3 is 2.94 bits per heavy atom. The Morgan fingerprint density at radius 1 is 1.56 bits per heavy atom. The Labute approximate surface area is 92.7 Å². The van der Waals surface area contributed by atoms with Gasteiger partial charge in [-0.15, -0.1) is 0 Å². The average molecular weight is 223 g/mol. The fourth-order valence-corrected chi connectivity index (χ4v) is 1.62. The molecule has 1 saturated carbocycles. The van der Waals surface area contributed by atoms with Crippen molar-refractivity contribution in [2.45, 2.75) is 25.0 Å².